The van der Waals surface area contributed by atoms with Gasteiger partial charge in [-0.25, -0.2) is 8.42 Å². The summed E-state index contributed by atoms with van der Waals surface area (Å²) in [5, 5.41) is 2.80. The summed E-state index contributed by atoms with van der Waals surface area (Å²) < 4.78 is 36.4. The monoisotopic (exact) mass is 434 g/mol. The molecule has 30 heavy (non-hydrogen) atoms. The standard InChI is InChI=1S/C22H30N2O5S/c1-5-29-19-11-9-18(10-12-19)7-6-14-23-22(25)16-24(30(4,26)27)20-15-17(2)8-13-21(20)28-3/h8-13,15H,5-7,14,16H2,1-4H3,(H,23,25). The molecule has 0 radical (unpaired) electrons. The van der Waals surface area contributed by atoms with Gasteiger partial charge >= 0.3 is 0 Å². The van der Waals surface area contributed by atoms with Crippen LogP contribution in [-0.4, -0.2) is 47.4 Å². The average Bonchev–Trinajstić information content (AvgIpc) is 2.70. The van der Waals surface area contributed by atoms with E-state index in [1.54, 1.807) is 12.1 Å². The Hall–Kier alpha value is -2.74. The van der Waals surface area contributed by atoms with Crippen LogP contribution in [0.15, 0.2) is 42.5 Å². The Balaban J connectivity index is 1.93. The van der Waals surface area contributed by atoms with Crippen LogP contribution in [0.2, 0.25) is 0 Å². The highest BCUT2D eigenvalue weighted by Gasteiger charge is 2.24. The smallest absolute Gasteiger partial charge is 0.240 e. The maximum Gasteiger partial charge on any atom is 0.240 e. The third kappa shape index (κ3) is 6.95. The number of sulfonamides is 1. The van der Waals surface area contributed by atoms with Crippen LogP contribution < -0.4 is 19.1 Å². The number of anilines is 1. The molecule has 7 nitrogen and oxygen atoms in total. The molecular formula is C22H30N2O5S. The van der Waals surface area contributed by atoms with Gasteiger partial charge < -0.3 is 14.8 Å². The normalized spacial score (nSPS) is 11.1. The second-order valence-electron chi connectivity index (χ2n) is 6.98. The highest BCUT2D eigenvalue weighted by atomic mass is 32.2. The highest BCUT2D eigenvalue weighted by molar-refractivity contribution is 7.92. The van der Waals surface area contributed by atoms with Gasteiger partial charge in [-0.05, 0) is 62.1 Å². The van der Waals surface area contributed by atoms with Crippen LogP contribution in [0.1, 0.15) is 24.5 Å². The molecule has 0 saturated heterocycles. The molecule has 0 atom stereocenters. The fourth-order valence-corrected chi connectivity index (χ4v) is 3.85. The third-order valence-electron chi connectivity index (χ3n) is 4.49. The van der Waals surface area contributed by atoms with Crippen molar-refractivity contribution in [3.05, 3.63) is 53.6 Å². The molecule has 0 aliphatic carbocycles. The number of nitrogens with one attached hydrogen (secondary N) is 1. The maximum absolute atomic E-state index is 12.4. The zero-order valence-corrected chi connectivity index (χ0v) is 18.8. The Bertz CT molecular complexity index is 943. The number of rotatable bonds is 11. The van der Waals surface area contributed by atoms with Gasteiger partial charge in [-0.3, -0.25) is 9.10 Å². The SMILES string of the molecule is CCOc1ccc(CCCNC(=O)CN(c2cc(C)ccc2OC)S(C)(=O)=O)cc1. The van der Waals surface area contributed by atoms with Crippen LogP contribution >= 0.6 is 0 Å². The Labute approximate surface area is 179 Å². The van der Waals surface area contributed by atoms with Crippen molar-refractivity contribution in [3.63, 3.8) is 0 Å². The van der Waals surface area contributed by atoms with Crippen LogP contribution in [0, 0.1) is 6.92 Å². The molecule has 1 amide bonds. The van der Waals surface area contributed by atoms with Gasteiger partial charge in [-0.15, -0.1) is 0 Å². The molecule has 0 heterocycles. The minimum absolute atomic E-state index is 0.304. The summed E-state index contributed by atoms with van der Waals surface area (Å²) >= 11 is 0. The molecule has 0 unspecified atom stereocenters. The van der Waals surface area contributed by atoms with Gasteiger partial charge in [0.15, 0.2) is 0 Å². The lowest BCUT2D eigenvalue weighted by Gasteiger charge is -2.24. The second-order valence-corrected chi connectivity index (χ2v) is 8.88. The van der Waals surface area contributed by atoms with Gasteiger partial charge in [-0.1, -0.05) is 18.2 Å². The van der Waals surface area contributed by atoms with E-state index >= 15 is 0 Å². The molecule has 0 aliphatic rings. The van der Waals surface area contributed by atoms with Crippen molar-refractivity contribution in [3.8, 4) is 11.5 Å². The van der Waals surface area contributed by atoms with Crippen molar-refractivity contribution in [1.29, 1.82) is 0 Å². The number of amides is 1. The van der Waals surface area contributed by atoms with Gasteiger partial charge in [-0.2, -0.15) is 0 Å². The summed E-state index contributed by atoms with van der Waals surface area (Å²) in [5.74, 6) is 0.868. The van der Waals surface area contributed by atoms with E-state index in [-0.39, 0.29) is 12.5 Å². The molecule has 0 saturated carbocycles. The number of aryl methyl sites for hydroxylation is 2. The summed E-state index contributed by atoms with van der Waals surface area (Å²) in [5.41, 5.74) is 2.37. The number of hydrogen-bond acceptors (Lipinski definition) is 5. The van der Waals surface area contributed by atoms with E-state index in [0.717, 1.165) is 40.3 Å². The van der Waals surface area contributed by atoms with Crippen molar-refractivity contribution in [2.24, 2.45) is 0 Å². The maximum atomic E-state index is 12.4. The number of ether oxygens (including phenoxy) is 2. The van der Waals surface area contributed by atoms with E-state index in [1.165, 1.54) is 7.11 Å². The predicted octanol–water partition coefficient (Wildman–Crippen LogP) is 2.92. The summed E-state index contributed by atoms with van der Waals surface area (Å²) in [7, 11) is -2.20. The first kappa shape index (κ1) is 23.5. The number of methoxy groups -OCH3 is 1. The molecule has 2 rings (SSSR count). The Morgan fingerprint density at radius 2 is 1.83 bits per heavy atom. The molecule has 1 N–H and O–H groups in total. The van der Waals surface area contributed by atoms with Crippen LogP contribution in [0.3, 0.4) is 0 Å². The van der Waals surface area contributed by atoms with Crippen LogP contribution in [0.25, 0.3) is 0 Å². The lowest BCUT2D eigenvalue weighted by molar-refractivity contribution is -0.119. The number of nitrogens with zero attached hydrogens (tertiary/aromatic N) is 1. The van der Waals surface area contributed by atoms with Gasteiger partial charge in [0.2, 0.25) is 15.9 Å². The van der Waals surface area contributed by atoms with E-state index in [1.807, 2.05) is 44.2 Å². The fourth-order valence-electron chi connectivity index (χ4n) is 3.00. The second kappa shape index (κ2) is 10.9. The summed E-state index contributed by atoms with van der Waals surface area (Å²) in [6, 6.07) is 13.1. The lowest BCUT2D eigenvalue weighted by Crippen LogP contribution is -2.40. The lowest BCUT2D eigenvalue weighted by atomic mass is 10.1. The number of hydrogen-bond donors (Lipinski definition) is 1. The van der Waals surface area contributed by atoms with E-state index in [2.05, 4.69) is 5.32 Å². The van der Waals surface area contributed by atoms with Crippen molar-refractivity contribution < 1.29 is 22.7 Å². The van der Waals surface area contributed by atoms with Crippen LogP contribution in [-0.2, 0) is 21.2 Å². The van der Waals surface area contributed by atoms with Crippen LogP contribution in [0.5, 0.6) is 11.5 Å². The van der Waals surface area contributed by atoms with Gasteiger partial charge in [0.1, 0.15) is 18.0 Å². The number of carbonyl (C=O) groups is 1. The van der Waals surface area contributed by atoms with Crippen LogP contribution in [0.4, 0.5) is 5.69 Å². The Morgan fingerprint density at radius 3 is 2.43 bits per heavy atom. The largest absolute Gasteiger partial charge is 0.495 e. The zero-order chi connectivity index (χ0) is 22.1. The van der Waals surface area contributed by atoms with Crippen molar-refractivity contribution in [2.45, 2.75) is 26.7 Å². The molecular weight excluding hydrogens is 404 g/mol. The molecule has 0 spiro atoms. The molecule has 0 aromatic heterocycles. The first-order chi connectivity index (χ1) is 14.2. The van der Waals surface area contributed by atoms with E-state index in [0.29, 0.717) is 24.6 Å². The predicted molar refractivity (Wildman–Crippen MR) is 119 cm³/mol. The van der Waals surface area contributed by atoms with E-state index < -0.39 is 10.0 Å². The highest BCUT2D eigenvalue weighted by Crippen LogP contribution is 2.30. The fraction of sp³-hybridized carbons (Fsp3) is 0.409. The van der Waals surface area contributed by atoms with Gasteiger partial charge in [0.25, 0.3) is 0 Å². The summed E-state index contributed by atoms with van der Waals surface area (Å²) in [6.45, 7) is 4.57. The molecule has 2 aromatic rings. The number of carbonyl (C=O) groups excluding carboxylic acids is 1. The molecule has 0 bridgehead atoms. The van der Waals surface area contributed by atoms with Crippen molar-refractivity contribution in [1.82, 2.24) is 5.32 Å². The van der Waals surface area contributed by atoms with E-state index in [9.17, 15) is 13.2 Å². The van der Waals surface area contributed by atoms with Crippen molar-refractivity contribution >= 4 is 21.6 Å². The Morgan fingerprint density at radius 1 is 1.13 bits per heavy atom. The van der Waals surface area contributed by atoms with E-state index in [4.69, 9.17) is 9.47 Å². The third-order valence-corrected chi connectivity index (χ3v) is 5.62. The molecule has 0 fully saturated rings. The molecule has 2 aromatic carbocycles. The Kier molecular flexibility index (Phi) is 8.53. The van der Waals surface area contributed by atoms with Gasteiger partial charge in [0, 0.05) is 6.54 Å². The molecule has 0 aliphatic heterocycles. The first-order valence-corrected chi connectivity index (χ1v) is 11.7. The summed E-state index contributed by atoms with van der Waals surface area (Å²) in [4.78, 5) is 12.4. The average molecular weight is 435 g/mol. The molecule has 164 valence electrons. The van der Waals surface area contributed by atoms with Gasteiger partial charge in [0.05, 0.1) is 25.7 Å². The number of benzene rings is 2. The minimum atomic E-state index is -3.66. The summed E-state index contributed by atoms with van der Waals surface area (Å²) in [6.07, 6.45) is 2.62. The quantitative estimate of drug-likeness (QED) is 0.550. The minimum Gasteiger partial charge on any atom is -0.495 e. The van der Waals surface area contributed by atoms with Crippen molar-refractivity contribution in [2.75, 3.05) is 37.4 Å². The first-order valence-electron chi connectivity index (χ1n) is 9.85. The topological polar surface area (TPSA) is 84.9 Å². The zero-order valence-electron chi connectivity index (χ0n) is 18.0. The molecule has 8 heteroatoms.